The Balaban J connectivity index is 3.36. The first kappa shape index (κ1) is 17.6. The van der Waals surface area contributed by atoms with E-state index in [1.165, 1.54) is 19.9 Å². The Morgan fingerprint density at radius 3 is 2.10 bits per heavy atom. The van der Waals surface area contributed by atoms with Gasteiger partial charge in [0.05, 0.1) is 20.8 Å². The van der Waals surface area contributed by atoms with Crippen LogP contribution < -0.4 is 0 Å². The number of aliphatic imine (C=N–C) groups is 1. The molecule has 0 unspecified atom stereocenters. The van der Waals surface area contributed by atoms with Gasteiger partial charge < -0.3 is 5.11 Å². The minimum absolute atomic E-state index is 0.0102. The van der Waals surface area contributed by atoms with Gasteiger partial charge in [0.1, 0.15) is 23.0 Å². The predicted molar refractivity (Wildman–Crippen MR) is 81.4 cm³/mol. The number of carboxylic acids is 1. The second kappa shape index (κ2) is 7.02. The lowest BCUT2D eigenvalue weighted by Gasteiger charge is -2.08. The largest absolute Gasteiger partial charge is 0.478 e. The summed E-state index contributed by atoms with van der Waals surface area (Å²) in [4.78, 5) is 37.6. The molecule has 0 aromatic heterocycles. The number of hydrogen-bond donors (Lipinski definition) is 1. The highest BCUT2D eigenvalue weighted by molar-refractivity contribution is 6.47. The van der Waals surface area contributed by atoms with Crippen LogP contribution in [0.5, 0.6) is 0 Å². The molecule has 0 aliphatic carbocycles. The Bertz CT molecular complexity index is 641. The Kier molecular flexibility index (Phi) is 5.89. The lowest BCUT2D eigenvalue weighted by atomic mass is 10.0. The van der Waals surface area contributed by atoms with Gasteiger partial charge >= 0.3 is 5.97 Å². The zero-order valence-electron chi connectivity index (χ0n) is 11.0. The van der Waals surface area contributed by atoms with Crippen LogP contribution in [0.4, 0.5) is 5.69 Å². The molecule has 1 N–H and O–H groups in total. The first-order chi connectivity index (χ1) is 9.66. The van der Waals surface area contributed by atoms with Gasteiger partial charge in [-0.3, -0.25) is 14.6 Å². The molecule has 0 amide bonds. The van der Waals surface area contributed by atoms with E-state index in [1.54, 1.807) is 0 Å². The van der Waals surface area contributed by atoms with Crippen LogP contribution in [0.1, 0.15) is 24.2 Å². The number of carbonyl (C=O) groups excluding carboxylic acids is 2. The van der Waals surface area contributed by atoms with E-state index in [4.69, 9.17) is 39.9 Å². The van der Waals surface area contributed by atoms with Gasteiger partial charge in [-0.05, 0) is 19.9 Å². The van der Waals surface area contributed by atoms with Gasteiger partial charge in [-0.25, -0.2) is 4.79 Å². The predicted octanol–water partition coefficient (Wildman–Crippen LogP) is 3.84. The molecule has 0 aliphatic heterocycles. The van der Waals surface area contributed by atoms with Crippen molar-refractivity contribution in [1.29, 1.82) is 0 Å². The molecule has 0 aliphatic rings. The molecule has 0 fully saturated rings. The molecule has 0 heterocycles. The fourth-order valence-electron chi connectivity index (χ4n) is 1.52. The molecule has 1 aromatic carbocycles. The van der Waals surface area contributed by atoms with E-state index in [1.807, 2.05) is 0 Å². The summed E-state index contributed by atoms with van der Waals surface area (Å²) in [5.74, 6) is -3.16. The van der Waals surface area contributed by atoms with Gasteiger partial charge in [-0.1, -0.05) is 34.8 Å². The summed E-state index contributed by atoms with van der Waals surface area (Å²) >= 11 is 17.5. The number of halogens is 3. The SMILES string of the molecule is CC(=O)C(C=Nc1cc(Cl)c(Cl)c(C(=O)O)c1Cl)C(C)=O. The minimum atomic E-state index is -1.36. The van der Waals surface area contributed by atoms with Crippen LogP contribution in [-0.4, -0.2) is 28.9 Å². The van der Waals surface area contributed by atoms with Crippen molar-refractivity contribution in [3.05, 3.63) is 26.7 Å². The molecule has 112 valence electrons. The van der Waals surface area contributed by atoms with Crippen molar-refractivity contribution in [2.24, 2.45) is 10.9 Å². The molecule has 1 aromatic rings. The molecule has 21 heavy (non-hydrogen) atoms. The number of carbonyl (C=O) groups is 3. The first-order valence-electron chi connectivity index (χ1n) is 5.62. The summed E-state index contributed by atoms with van der Waals surface area (Å²) < 4.78 is 0. The third-order valence-corrected chi connectivity index (χ3v) is 3.76. The fourth-order valence-corrected chi connectivity index (χ4v) is 2.28. The van der Waals surface area contributed by atoms with Gasteiger partial charge in [0, 0.05) is 6.21 Å². The molecule has 0 saturated carbocycles. The highest BCUT2D eigenvalue weighted by atomic mass is 35.5. The average molecular weight is 351 g/mol. The molecule has 0 radical (unpaired) electrons. The lowest BCUT2D eigenvalue weighted by molar-refractivity contribution is -0.127. The van der Waals surface area contributed by atoms with Gasteiger partial charge in [0.25, 0.3) is 0 Å². The molecule has 8 heteroatoms. The maximum absolute atomic E-state index is 11.3. The van der Waals surface area contributed by atoms with Gasteiger partial charge in [0.15, 0.2) is 0 Å². The maximum Gasteiger partial charge on any atom is 0.338 e. The number of benzene rings is 1. The van der Waals surface area contributed by atoms with Crippen LogP contribution in [0.2, 0.25) is 15.1 Å². The van der Waals surface area contributed by atoms with Gasteiger partial charge in [-0.15, -0.1) is 0 Å². The van der Waals surface area contributed by atoms with Crippen molar-refractivity contribution < 1.29 is 19.5 Å². The lowest BCUT2D eigenvalue weighted by Crippen LogP contribution is -2.20. The summed E-state index contributed by atoms with van der Waals surface area (Å²) in [6.07, 6.45) is 1.10. The van der Waals surface area contributed by atoms with Crippen LogP contribution in [0.15, 0.2) is 11.1 Å². The molecular formula is C13H10Cl3NO4. The highest BCUT2D eigenvalue weighted by Crippen LogP contribution is 2.38. The van der Waals surface area contributed by atoms with Crippen molar-refractivity contribution in [2.75, 3.05) is 0 Å². The van der Waals surface area contributed by atoms with Crippen LogP contribution >= 0.6 is 34.8 Å². The zero-order chi connectivity index (χ0) is 16.3. The topological polar surface area (TPSA) is 83.8 Å². The van der Waals surface area contributed by atoms with Gasteiger partial charge in [0.2, 0.25) is 0 Å². The molecule has 0 atom stereocenters. The van der Waals surface area contributed by atoms with E-state index < -0.39 is 11.9 Å². The Morgan fingerprint density at radius 1 is 1.14 bits per heavy atom. The number of Topliss-reactive ketones (excluding diaryl/α,β-unsaturated/α-hetero) is 2. The molecule has 0 bridgehead atoms. The zero-order valence-corrected chi connectivity index (χ0v) is 13.3. The normalized spacial score (nSPS) is 11.1. The van der Waals surface area contributed by atoms with Crippen LogP contribution in [0, 0.1) is 5.92 Å². The van der Waals surface area contributed by atoms with Crippen LogP contribution in [-0.2, 0) is 9.59 Å². The van der Waals surface area contributed by atoms with Crippen LogP contribution in [0.3, 0.4) is 0 Å². The monoisotopic (exact) mass is 349 g/mol. The van der Waals surface area contributed by atoms with E-state index in [0.29, 0.717) is 0 Å². The second-order valence-electron chi connectivity index (χ2n) is 4.16. The molecule has 1 rings (SSSR count). The standard InChI is InChI=1S/C13H10Cl3NO4/c1-5(18)7(6(2)19)4-17-9-3-8(14)11(15)10(12(9)16)13(20)21/h3-4,7H,1-2H3,(H,20,21). The Hall–Kier alpha value is -1.43. The van der Waals surface area contributed by atoms with E-state index in [-0.39, 0.29) is 37.9 Å². The molecule has 0 spiro atoms. The first-order valence-corrected chi connectivity index (χ1v) is 6.76. The summed E-state index contributed by atoms with van der Waals surface area (Å²) in [6.45, 7) is 2.49. The maximum atomic E-state index is 11.3. The summed E-state index contributed by atoms with van der Waals surface area (Å²) in [6, 6.07) is 1.26. The highest BCUT2D eigenvalue weighted by Gasteiger charge is 2.21. The summed E-state index contributed by atoms with van der Waals surface area (Å²) in [5, 5.41) is 8.58. The van der Waals surface area contributed by atoms with Crippen molar-refractivity contribution in [2.45, 2.75) is 13.8 Å². The van der Waals surface area contributed by atoms with E-state index in [9.17, 15) is 14.4 Å². The molecule has 0 saturated heterocycles. The minimum Gasteiger partial charge on any atom is -0.478 e. The summed E-state index contributed by atoms with van der Waals surface area (Å²) in [7, 11) is 0. The summed E-state index contributed by atoms with van der Waals surface area (Å²) in [5.41, 5.74) is -0.379. The number of nitrogens with zero attached hydrogens (tertiary/aromatic N) is 1. The number of aromatic carboxylic acids is 1. The van der Waals surface area contributed by atoms with E-state index in [2.05, 4.69) is 4.99 Å². The number of rotatable bonds is 5. The number of hydrogen-bond acceptors (Lipinski definition) is 4. The van der Waals surface area contributed by atoms with Crippen molar-refractivity contribution in [1.82, 2.24) is 0 Å². The number of ketones is 2. The average Bonchev–Trinajstić information content (AvgIpc) is 2.34. The quantitative estimate of drug-likeness (QED) is 0.497. The third kappa shape index (κ3) is 4.03. The van der Waals surface area contributed by atoms with Crippen molar-refractivity contribution in [3.63, 3.8) is 0 Å². The molecule has 5 nitrogen and oxygen atoms in total. The Morgan fingerprint density at radius 2 is 1.67 bits per heavy atom. The third-order valence-electron chi connectivity index (χ3n) is 2.59. The van der Waals surface area contributed by atoms with Crippen LogP contribution in [0.25, 0.3) is 0 Å². The molecular weight excluding hydrogens is 341 g/mol. The van der Waals surface area contributed by atoms with Crippen molar-refractivity contribution >= 4 is 64.2 Å². The fraction of sp³-hybridized carbons (Fsp3) is 0.231. The van der Waals surface area contributed by atoms with Gasteiger partial charge in [-0.2, -0.15) is 0 Å². The smallest absolute Gasteiger partial charge is 0.338 e. The van der Waals surface area contributed by atoms with E-state index >= 15 is 0 Å². The second-order valence-corrected chi connectivity index (χ2v) is 5.33. The van der Waals surface area contributed by atoms with E-state index in [0.717, 1.165) is 6.21 Å². The van der Waals surface area contributed by atoms with Crippen molar-refractivity contribution in [3.8, 4) is 0 Å². The number of carboxylic acid groups (broad SMARTS) is 1. The Labute approximate surface area is 135 Å².